The molecule has 0 atom stereocenters. The van der Waals surface area contributed by atoms with Crippen molar-refractivity contribution in [2.45, 2.75) is 6.92 Å². The lowest BCUT2D eigenvalue weighted by Crippen LogP contribution is -2.13. The van der Waals surface area contributed by atoms with E-state index in [0.717, 1.165) is 5.56 Å². The summed E-state index contributed by atoms with van der Waals surface area (Å²) in [4.78, 5) is 16.5. The molecule has 0 fully saturated rings. The number of anilines is 1. The molecular formula is C15H14N4O2. The lowest BCUT2D eigenvalue weighted by molar-refractivity contribution is 0.102. The van der Waals surface area contributed by atoms with Gasteiger partial charge >= 0.3 is 0 Å². The van der Waals surface area contributed by atoms with Gasteiger partial charge in [0.25, 0.3) is 5.91 Å². The fourth-order valence-corrected chi connectivity index (χ4v) is 1.99. The zero-order chi connectivity index (χ0) is 14.8. The molecule has 1 amide bonds. The van der Waals surface area contributed by atoms with Crippen LogP contribution in [0.4, 0.5) is 5.69 Å². The molecule has 1 N–H and O–H groups in total. The van der Waals surface area contributed by atoms with E-state index in [1.54, 1.807) is 31.0 Å². The summed E-state index contributed by atoms with van der Waals surface area (Å²) in [6.07, 6.45) is 3.29. The highest BCUT2D eigenvalue weighted by molar-refractivity contribution is 6.03. The number of hydrogen-bond acceptors (Lipinski definition) is 4. The number of oxazole rings is 1. The molecule has 2 heterocycles. The van der Waals surface area contributed by atoms with E-state index in [0.29, 0.717) is 17.3 Å². The van der Waals surface area contributed by atoms with Crippen LogP contribution in [0.1, 0.15) is 16.2 Å². The fraction of sp³-hybridized carbons (Fsp3) is 0.133. The van der Waals surface area contributed by atoms with Gasteiger partial charge in [0.2, 0.25) is 5.89 Å². The second-order valence-electron chi connectivity index (χ2n) is 4.65. The number of rotatable bonds is 3. The molecule has 6 heteroatoms. The molecule has 3 aromatic rings. The molecule has 0 saturated heterocycles. The number of carbonyl (C=O) groups excluding carboxylic acids is 1. The van der Waals surface area contributed by atoms with Crippen molar-refractivity contribution in [1.82, 2.24) is 14.8 Å². The van der Waals surface area contributed by atoms with Gasteiger partial charge in [0, 0.05) is 18.8 Å². The zero-order valence-electron chi connectivity index (χ0n) is 11.7. The molecule has 0 saturated carbocycles. The number of carbonyl (C=O) groups is 1. The Morgan fingerprint density at radius 3 is 2.71 bits per heavy atom. The third-order valence-electron chi connectivity index (χ3n) is 3.00. The first-order chi connectivity index (χ1) is 10.1. The number of nitrogens with one attached hydrogen (secondary N) is 1. The summed E-state index contributed by atoms with van der Waals surface area (Å²) in [5.41, 5.74) is 1.73. The SMILES string of the molecule is Cc1oc(-c2ccccc2)nc1C(=O)Nc1cnn(C)c1. The zero-order valence-corrected chi connectivity index (χ0v) is 11.7. The summed E-state index contributed by atoms with van der Waals surface area (Å²) < 4.78 is 7.18. The highest BCUT2D eigenvalue weighted by Crippen LogP contribution is 2.22. The third kappa shape index (κ3) is 2.69. The van der Waals surface area contributed by atoms with Gasteiger partial charge in [-0.05, 0) is 19.1 Å². The van der Waals surface area contributed by atoms with Gasteiger partial charge in [-0.2, -0.15) is 5.10 Å². The number of nitrogens with zero attached hydrogens (tertiary/aromatic N) is 3. The minimum atomic E-state index is -0.313. The predicted octanol–water partition coefficient (Wildman–Crippen LogP) is 2.64. The molecule has 0 spiro atoms. The molecule has 0 unspecified atom stereocenters. The van der Waals surface area contributed by atoms with E-state index in [2.05, 4.69) is 15.4 Å². The number of aryl methyl sites for hydroxylation is 2. The van der Waals surface area contributed by atoms with Crippen LogP contribution in [0.25, 0.3) is 11.5 Å². The Morgan fingerprint density at radius 2 is 2.05 bits per heavy atom. The molecule has 6 nitrogen and oxygen atoms in total. The molecular weight excluding hydrogens is 268 g/mol. The van der Waals surface area contributed by atoms with Crippen LogP contribution in [0.15, 0.2) is 47.1 Å². The van der Waals surface area contributed by atoms with Crippen molar-refractivity contribution < 1.29 is 9.21 Å². The first kappa shape index (κ1) is 13.1. The molecule has 106 valence electrons. The quantitative estimate of drug-likeness (QED) is 0.801. The summed E-state index contributed by atoms with van der Waals surface area (Å²) in [5, 5.41) is 6.74. The average molecular weight is 282 g/mol. The number of aromatic nitrogens is 3. The van der Waals surface area contributed by atoms with Crippen molar-refractivity contribution in [3.8, 4) is 11.5 Å². The van der Waals surface area contributed by atoms with Gasteiger partial charge < -0.3 is 9.73 Å². The Morgan fingerprint density at radius 1 is 1.29 bits per heavy atom. The van der Waals surface area contributed by atoms with Crippen LogP contribution in [0, 0.1) is 6.92 Å². The normalized spacial score (nSPS) is 10.6. The molecule has 0 aliphatic heterocycles. The van der Waals surface area contributed by atoms with Crippen LogP contribution >= 0.6 is 0 Å². The summed E-state index contributed by atoms with van der Waals surface area (Å²) in [6, 6.07) is 9.46. The van der Waals surface area contributed by atoms with Gasteiger partial charge in [-0.3, -0.25) is 9.48 Å². The monoisotopic (exact) mass is 282 g/mol. The van der Waals surface area contributed by atoms with Gasteiger partial charge in [0.15, 0.2) is 5.69 Å². The van der Waals surface area contributed by atoms with E-state index in [4.69, 9.17) is 4.42 Å². The maximum atomic E-state index is 12.2. The molecule has 0 aliphatic rings. The highest BCUT2D eigenvalue weighted by Gasteiger charge is 2.18. The van der Waals surface area contributed by atoms with Crippen molar-refractivity contribution in [2.75, 3.05) is 5.32 Å². The average Bonchev–Trinajstić information content (AvgIpc) is 3.06. The van der Waals surface area contributed by atoms with Crippen LogP contribution < -0.4 is 5.32 Å². The largest absolute Gasteiger partial charge is 0.441 e. The minimum absolute atomic E-state index is 0.276. The van der Waals surface area contributed by atoms with Gasteiger partial charge in [0.05, 0.1) is 11.9 Å². The van der Waals surface area contributed by atoms with E-state index < -0.39 is 0 Å². The first-order valence-corrected chi connectivity index (χ1v) is 6.46. The van der Waals surface area contributed by atoms with Crippen molar-refractivity contribution >= 4 is 11.6 Å². The van der Waals surface area contributed by atoms with E-state index in [9.17, 15) is 4.79 Å². The van der Waals surface area contributed by atoms with Crippen molar-refractivity contribution in [3.05, 3.63) is 54.2 Å². The Bertz CT molecular complexity index is 774. The maximum absolute atomic E-state index is 12.2. The minimum Gasteiger partial charge on any atom is -0.441 e. The summed E-state index contributed by atoms with van der Waals surface area (Å²) in [7, 11) is 1.78. The van der Waals surface area contributed by atoms with Crippen LogP contribution in [0.5, 0.6) is 0 Å². The Labute approximate surface area is 121 Å². The van der Waals surface area contributed by atoms with Crippen molar-refractivity contribution in [2.24, 2.45) is 7.05 Å². The number of benzene rings is 1. The summed E-state index contributed by atoms with van der Waals surface area (Å²) in [5.74, 6) is 0.603. The Kier molecular flexibility index (Phi) is 3.27. The standard InChI is InChI=1S/C15H14N4O2/c1-10-13(14(20)17-12-8-16-19(2)9-12)18-15(21-10)11-6-4-3-5-7-11/h3-9H,1-2H3,(H,17,20). The number of amides is 1. The second kappa shape index (κ2) is 5.24. The van der Waals surface area contributed by atoms with Crippen molar-refractivity contribution in [1.29, 1.82) is 0 Å². The van der Waals surface area contributed by atoms with Gasteiger partial charge in [-0.25, -0.2) is 4.98 Å². The molecule has 0 aliphatic carbocycles. The molecule has 1 aromatic carbocycles. The lowest BCUT2D eigenvalue weighted by Gasteiger charge is -1.98. The Hall–Kier alpha value is -2.89. The molecule has 0 radical (unpaired) electrons. The van der Waals surface area contributed by atoms with Crippen LogP contribution in [-0.4, -0.2) is 20.7 Å². The number of hydrogen-bond donors (Lipinski definition) is 1. The second-order valence-corrected chi connectivity index (χ2v) is 4.65. The third-order valence-corrected chi connectivity index (χ3v) is 3.00. The van der Waals surface area contributed by atoms with Crippen LogP contribution in [-0.2, 0) is 7.05 Å². The summed E-state index contributed by atoms with van der Waals surface area (Å²) in [6.45, 7) is 1.72. The summed E-state index contributed by atoms with van der Waals surface area (Å²) >= 11 is 0. The highest BCUT2D eigenvalue weighted by atomic mass is 16.4. The van der Waals surface area contributed by atoms with Gasteiger partial charge in [-0.1, -0.05) is 18.2 Å². The van der Waals surface area contributed by atoms with E-state index >= 15 is 0 Å². The smallest absolute Gasteiger partial charge is 0.278 e. The van der Waals surface area contributed by atoms with Gasteiger partial charge in [-0.15, -0.1) is 0 Å². The van der Waals surface area contributed by atoms with Crippen LogP contribution in [0.2, 0.25) is 0 Å². The van der Waals surface area contributed by atoms with E-state index in [1.165, 1.54) is 0 Å². The van der Waals surface area contributed by atoms with Gasteiger partial charge in [0.1, 0.15) is 5.76 Å². The molecule has 0 bridgehead atoms. The molecule has 3 rings (SSSR count). The predicted molar refractivity (Wildman–Crippen MR) is 77.8 cm³/mol. The maximum Gasteiger partial charge on any atom is 0.278 e. The molecule has 21 heavy (non-hydrogen) atoms. The fourth-order valence-electron chi connectivity index (χ4n) is 1.99. The lowest BCUT2D eigenvalue weighted by atomic mass is 10.2. The van der Waals surface area contributed by atoms with E-state index in [-0.39, 0.29) is 11.6 Å². The van der Waals surface area contributed by atoms with Crippen LogP contribution in [0.3, 0.4) is 0 Å². The topological polar surface area (TPSA) is 73.0 Å². The molecule has 2 aromatic heterocycles. The Balaban J connectivity index is 1.86. The van der Waals surface area contributed by atoms with E-state index in [1.807, 2.05) is 30.3 Å². The first-order valence-electron chi connectivity index (χ1n) is 6.46. The van der Waals surface area contributed by atoms with Crippen molar-refractivity contribution in [3.63, 3.8) is 0 Å².